The lowest BCUT2D eigenvalue weighted by atomic mass is 9.78. The zero-order valence-electron chi connectivity index (χ0n) is 20.6. The van der Waals surface area contributed by atoms with Gasteiger partial charge in [-0.05, 0) is 100 Å². The highest BCUT2D eigenvalue weighted by molar-refractivity contribution is 5.72. The molecule has 3 rings (SSSR count). The summed E-state index contributed by atoms with van der Waals surface area (Å²) in [6, 6.07) is 11.3. The second kappa shape index (κ2) is 14.2. The van der Waals surface area contributed by atoms with Crippen molar-refractivity contribution in [1.82, 2.24) is 0 Å². The van der Waals surface area contributed by atoms with Crippen LogP contribution in [0, 0.1) is 23.2 Å². The Labute approximate surface area is 201 Å². The molecule has 2 saturated carbocycles. The summed E-state index contributed by atoms with van der Waals surface area (Å²) in [5.41, 5.74) is 2.91. The van der Waals surface area contributed by atoms with Crippen molar-refractivity contribution < 1.29 is 9.53 Å². The molecule has 0 saturated heterocycles. The lowest BCUT2D eigenvalue weighted by Gasteiger charge is -2.31. The Hall–Kier alpha value is -2.08. The van der Waals surface area contributed by atoms with Gasteiger partial charge >= 0.3 is 5.97 Å². The number of allylic oxidation sites excluding steroid dienone is 2. The molecule has 2 fully saturated rings. The molecule has 2 aliphatic carbocycles. The van der Waals surface area contributed by atoms with Crippen molar-refractivity contribution in [3.8, 4) is 6.07 Å². The predicted octanol–water partition coefficient (Wildman–Crippen LogP) is 8.05. The van der Waals surface area contributed by atoms with E-state index in [9.17, 15) is 4.79 Å². The average Bonchev–Trinajstić information content (AvgIpc) is 2.86. The molecule has 0 N–H and O–H groups in total. The number of esters is 1. The minimum Gasteiger partial charge on any atom is -0.462 e. The number of carbonyl (C=O) groups is 1. The van der Waals surface area contributed by atoms with E-state index in [4.69, 9.17) is 10.00 Å². The molecule has 0 atom stereocenters. The molecule has 0 amide bonds. The Morgan fingerprint density at radius 1 is 1.00 bits per heavy atom. The van der Waals surface area contributed by atoms with Gasteiger partial charge in [-0.1, -0.05) is 56.5 Å². The molecule has 0 aliphatic heterocycles. The van der Waals surface area contributed by atoms with E-state index in [0.717, 1.165) is 64.2 Å². The van der Waals surface area contributed by atoms with Gasteiger partial charge in [0.15, 0.2) is 0 Å². The minimum absolute atomic E-state index is 0.0521. The van der Waals surface area contributed by atoms with Gasteiger partial charge in [-0.3, -0.25) is 4.79 Å². The molecule has 3 nitrogen and oxygen atoms in total. The van der Waals surface area contributed by atoms with Crippen molar-refractivity contribution in [3.05, 3.63) is 47.5 Å². The first-order chi connectivity index (χ1) is 16.2. The van der Waals surface area contributed by atoms with Crippen LogP contribution >= 0.6 is 0 Å². The van der Waals surface area contributed by atoms with Crippen LogP contribution in [-0.2, 0) is 16.0 Å². The molecule has 0 unspecified atom stereocenters. The highest BCUT2D eigenvalue weighted by Crippen LogP contribution is 2.37. The summed E-state index contributed by atoms with van der Waals surface area (Å²) in [6.45, 7) is 2.26. The second-order valence-corrected chi connectivity index (χ2v) is 10.3. The monoisotopic (exact) mass is 449 g/mol. The van der Waals surface area contributed by atoms with E-state index < -0.39 is 0 Å². The fourth-order valence-corrected chi connectivity index (χ4v) is 5.64. The highest BCUT2D eigenvalue weighted by Gasteiger charge is 2.31. The van der Waals surface area contributed by atoms with Crippen molar-refractivity contribution in [1.29, 1.82) is 5.26 Å². The molecule has 1 aromatic rings. The summed E-state index contributed by atoms with van der Waals surface area (Å²) in [4.78, 5) is 12.8. The molecule has 0 heterocycles. The van der Waals surface area contributed by atoms with E-state index in [1.165, 1.54) is 43.2 Å². The van der Waals surface area contributed by atoms with Gasteiger partial charge in [0.2, 0.25) is 0 Å². The molecule has 2 aliphatic rings. The average molecular weight is 450 g/mol. The van der Waals surface area contributed by atoms with Crippen LogP contribution in [0.5, 0.6) is 0 Å². The molecule has 0 spiro atoms. The highest BCUT2D eigenvalue weighted by atomic mass is 16.5. The number of ether oxygens (including phenoxy) is 1. The standard InChI is InChI=1S/C30H43NO2/c1-2-3-4-6-9-24-11-15-26(16-12-24)27-17-19-28(20-18-27)30(32)33-29-21-13-25(14-22-29)10-7-5-8-23-31/h5,8,11-12,15-16,25,27-29H,2-4,6-7,9-10,13-14,17-22H2,1H3. The molecule has 3 heteroatoms. The number of aryl methyl sites for hydroxylation is 1. The Morgan fingerprint density at radius 2 is 1.73 bits per heavy atom. The number of unbranched alkanes of at least 4 members (excludes halogenated alkanes) is 3. The van der Waals surface area contributed by atoms with Crippen LogP contribution < -0.4 is 0 Å². The van der Waals surface area contributed by atoms with Gasteiger partial charge in [0.1, 0.15) is 6.10 Å². The number of nitrogens with zero attached hydrogens (tertiary/aromatic N) is 1. The number of hydrogen-bond donors (Lipinski definition) is 0. The molecule has 0 bridgehead atoms. The largest absolute Gasteiger partial charge is 0.462 e. The number of nitriles is 1. The molecule has 1 aromatic carbocycles. The van der Waals surface area contributed by atoms with Gasteiger partial charge in [-0.15, -0.1) is 0 Å². The number of rotatable bonds is 11. The maximum atomic E-state index is 12.8. The fraction of sp³-hybridized carbons (Fsp3) is 0.667. The van der Waals surface area contributed by atoms with Crippen molar-refractivity contribution in [2.24, 2.45) is 11.8 Å². The van der Waals surface area contributed by atoms with Crippen LogP contribution in [0.25, 0.3) is 0 Å². The quantitative estimate of drug-likeness (QED) is 0.195. The van der Waals surface area contributed by atoms with Crippen molar-refractivity contribution in [2.75, 3.05) is 0 Å². The molecular formula is C30H43NO2. The molecule has 180 valence electrons. The second-order valence-electron chi connectivity index (χ2n) is 10.3. The van der Waals surface area contributed by atoms with E-state index >= 15 is 0 Å². The SMILES string of the molecule is CCCCCCc1ccc(C2CCC(C(=O)OC3CCC(CCC=CC#N)CC3)CC2)cc1. The normalized spacial score (nSPS) is 25.6. The Balaban J connectivity index is 1.34. The van der Waals surface area contributed by atoms with E-state index in [2.05, 4.69) is 37.3 Å². The van der Waals surface area contributed by atoms with Gasteiger partial charge in [0, 0.05) is 6.08 Å². The molecule has 0 radical (unpaired) electrons. The van der Waals surface area contributed by atoms with Gasteiger partial charge in [-0.2, -0.15) is 5.26 Å². The van der Waals surface area contributed by atoms with Crippen LogP contribution in [0.2, 0.25) is 0 Å². The van der Waals surface area contributed by atoms with Gasteiger partial charge < -0.3 is 4.74 Å². The van der Waals surface area contributed by atoms with E-state index in [1.807, 2.05) is 6.08 Å². The van der Waals surface area contributed by atoms with Crippen LogP contribution in [-0.4, -0.2) is 12.1 Å². The Kier molecular flexibility index (Phi) is 11.0. The Morgan fingerprint density at radius 3 is 2.39 bits per heavy atom. The van der Waals surface area contributed by atoms with Gasteiger partial charge in [0.25, 0.3) is 0 Å². The van der Waals surface area contributed by atoms with Crippen LogP contribution in [0.1, 0.15) is 114 Å². The van der Waals surface area contributed by atoms with E-state index in [1.54, 1.807) is 6.08 Å². The minimum atomic E-state index is 0.0521. The maximum Gasteiger partial charge on any atom is 0.309 e. The third-order valence-electron chi connectivity index (χ3n) is 7.84. The topological polar surface area (TPSA) is 50.1 Å². The summed E-state index contributed by atoms with van der Waals surface area (Å²) < 4.78 is 5.94. The van der Waals surface area contributed by atoms with E-state index in [0.29, 0.717) is 11.8 Å². The summed E-state index contributed by atoms with van der Waals surface area (Å²) in [5.74, 6) is 1.44. The smallest absolute Gasteiger partial charge is 0.309 e. The first-order valence-electron chi connectivity index (χ1n) is 13.5. The van der Waals surface area contributed by atoms with E-state index in [-0.39, 0.29) is 18.0 Å². The van der Waals surface area contributed by atoms with Crippen LogP contribution in [0.15, 0.2) is 36.4 Å². The Bertz CT molecular complexity index is 759. The molecular weight excluding hydrogens is 406 g/mol. The molecule has 0 aromatic heterocycles. The van der Waals surface area contributed by atoms with Crippen molar-refractivity contribution >= 4 is 5.97 Å². The number of benzene rings is 1. The molecule has 33 heavy (non-hydrogen) atoms. The van der Waals surface area contributed by atoms with Crippen LogP contribution in [0.4, 0.5) is 0 Å². The maximum absolute atomic E-state index is 12.8. The lowest BCUT2D eigenvalue weighted by Crippen LogP contribution is -2.29. The number of carbonyl (C=O) groups excluding carboxylic acids is 1. The third kappa shape index (κ3) is 8.65. The zero-order valence-corrected chi connectivity index (χ0v) is 20.6. The summed E-state index contributed by atoms with van der Waals surface area (Å²) in [6.07, 6.45) is 20.6. The van der Waals surface area contributed by atoms with Gasteiger partial charge in [-0.25, -0.2) is 0 Å². The fourth-order valence-electron chi connectivity index (χ4n) is 5.64. The van der Waals surface area contributed by atoms with Gasteiger partial charge in [0.05, 0.1) is 12.0 Å². The van der Waals surface area contributed by atoms with Crippen LogP contribution in [0.3, 0.4) is 0 Å². The summed E-state index contributed by atoms with van der Waals surface area (Å²) in [5, 5.41) is 8.57. The number of hydrogen-bond acceptors (Lipinski definition) is 3. The summed E-state index contributed by atoms with van der Waals surface area (Å²) >= 11 is 0. The third-order valence-corrected chi connectivity index (χ3v) is 7.84. The predicted molar refractivity (Wildman–Crippen MR) is 135 cm³/mol. The first kappa shape index (κ1) is 25.5. The zero-order chi connectivity index (χ0) is 23.3. The lowest BCUT2D eigenvalue weighted by molar-refractivity contribution is -0.157. The first-order valence-corrected chi connectivity index (χ1v) is 13.5. The van der Waals surface area contributed by atoms with Crippen molar-refractivity contribution in [3.63, 3.8) is 0 Å². The van der Waals surface area contributed by atoms with Crippen molar-refractivity contribution in [2.45, 2.75) is 115 Å². The summed E-state index contributed by atoms with van der Waals surface area (Å²) in [7, 11) is 0.